The lowest BCUT2D eigenvalue weighted by molar-refractivity contribution is 0.603. The molecule has 0 amide bonds. The number of anilines is 3. The summed E-state index contributed by atoms with van der Waals surface area (Å²) >= 11 is 1.21. The van der Waals surface area contributed by atoms with Gasteiger partial charge in [0.2, 0.25) is 0 Å². The van der Waals surface area contributed by atoms with E-state index in [9.17, 15) is 8.42 Å². The van der Waals surface area contributed by atoms with Gasteiger partial charge in [-0.2, -0.15) is 0 Å². The van der Waals surface area contributed by atoms with Gasteiger partial charge in [-0.05, 0) is 60.7 Å². The van der Waals surface area contributed by atoms with Crippen LogP contribution in [-0.4, -0.2) is 14.5 Å². The highest BCUT2D eigenvalue weighted by Gasteiger charge is 2.26. The fourth-order valence-electron chi connectivity index (χ4n) is 3.27. The number of nitrogens with one attached hydrogen (secondary N) is 1. The van der Waals surface area contributed by atoms with Crippen LogP contribution in [0.25, 0.3) is 0 Å². The molecular weight excluding hydrogens is 352 g/mol. The molecule has 1 aliphatic rings. The van der Waals surface area contributed by atoms with E-state index in [1.165, 1.54) is 22.6 Å². The van der Waals surface area contributed by atoms with Crippen molar-refractivity contribution in [3.63, 3.8) is 0 Å². The van der Waals surface area contributed by atoms with E-state index in [0.717, 1.165) is 12.1 Å². The molecule has 0 saturated heterocycles. The quantitative estimate of drug-likeness (QED) is 0.728. The Hall–Kier alpha value is -2.31. The Morgan fingerprint density at radius 2 is 1.80 bits per heavy atom. The van der Waals surface area contributed by atoms with Crippen LogP contribution in [0, 0.1) is 0 Å². The third kappa shape index (κ3) is 3.03. The molecule has 6 heteroatoms. The number of hydrogen-bond donors (Lipinski definition) is 1. The maximum Gasteiger partial charge on any atom is 0.271 e. The Labute approximate surface area is 151 Å². The van der Waals surface area contributed by atoms with Crippen LogP contribution in [0.4, 0.5) is 17.1 Å². The standard InChI is InChI=1S/C19H18N2O2S2/c1-14-13-15-5-2-3-6-18(15)21(14)17-10-8-16(9-11-17)20-25(22,23)19-7-4-12-24-19/h2-12,14,20H,13H2,1H3. The number of hydrogen-bond acceptors (Lipinski definition) is 4. The molecule has 0 radical (unpaired) electrons. The predicted octanol–water partition coefficient (Wildman–Crippen LogP) is 4.63. The molecule has 1 aromatic heterocycles. The Morgan fingerprint density at radius 3 is 2.52 bits per heavy atom. The van der Waals surface area contributed by atoms with Gasteiger partial charge >= 0.3 is 0 Å². The van der Waals surface area contributed by atoms with Crippen molar-refractivity contribution in [1.82, 2.24) is 0 Å². The molecule has 128 valence electrons. The second kappa shape index (κ2) is 6.20. The summed E-state index contributed by atoms with van der Waals surface area (Å²) in [5.41, 5.74) is 4.20. The predicted molar refractivity (Wildman–Crippen MR) is 103 cm³/mol. The SMILES string of the molecule is CC1Cc2ccccc2N1c1ccc(NS(=O)(=O)c2cccs2)cc1. The molecule has 1 N–H and O–H groups in total. The van der Waals surface area contributed by atoms with E-state index in [1.54, 1.807) is 17.5 Å². The summed E-state index contributed by atoms with van der Waals surface area (Å²) < 4.78 is 27.6. The highest BCUT2D eigenvalue weighted by atomic mass is 32.2. The summed E-state index contributed by atoms with van der Waals surface area (Å²) in [6.07, 6.45) is 1.02. The van der Waals surface area contributed by atoms with Gasteiger partial charge in [0.05, 0.1) is 0 Å². The summed E-state index contributed by atoms with van der Waals surface area (Å²) in [6.45, 7) is 2.20. The van der Waals surface area contributed by atoms with Crippen molar-refractivity contribution in [2.75, 3.05) is 9.62 Å². The third-order valence-electron chi connectivity index (χ3n) is 4.36. The van der Waals surface area contributed by atoms with Crippen molar-refractivity contribution >= 4 is 38.4 Å². The number of benzene rings is 2. The van der Waals surface area contributed by atoms with Gasteiger partial charge in [0.1, 0.15) is 4.21 Å². The highest BCUT2D eigenvalue weighted by molar-refractivity contribution is 7.94. The molecule has 4 nitrogen and oxygen atoms in total. The zero-order chi connectivity index (χ0) is 17.4. The smallest absolute Gasteiger partial charge is 0.271 e. The Balaban J connectivity index is 1.59. The van der Waals surface area contributed by atoms with Crippen LogP contribution in [0.15, 0.2) is 70.3 Å². The van der Waals surface area contributed by atoms with Gasteiger partial charge in [-0.25, -0.2) is 8.42 Å². The largest absolute Gasteiger partial charge is 0.338 e. The molecule has 1 unspecified atom stereocenters. The summed E-state index contributed by atoms with van der Waals surface area (Å²) in [5.74, 6) is 0. The first-order chi connectivity index (χ1) is 12.0. The van der Waals surface area contributed by atoms with E-state index >= 15 is 0 Å². The molecule has 2 heterocycles. The number of para-hydroxylation sites is 1. The fourth-order valence-corrected chi connectivity index (χ4v) is 5.32. The Morgan fingerprint density at radius 1 is 1.04 bits per heavy atom. The third-order valence-corrected chi connectivity index (χ3v) is 7.14. The summed E-state index contributed by atoms with van der Waals surface area (Å²) in [6, 6.07) is 19.7. The molecule has 4 rings (SSSR count). The minimum atomic E-state index is -3.51. The topological polar surface area (TPSA) is 49.4 Å². The monoisotopic (exact) mass is 370 g/mol. The molecule has 0 aliphatic carbocycles. The molecule has 3 aromatic rings. The van der Waals surface area contributed by atoms with Crippen LogP contribution < -0.4 is 9.62 Å². The molecule has 0 saturated carbocycles. The number of rotatable bonds is 4. The van der Waals surface area contributed by atoms with Crippen LogP contribution in [0.2, 0.25) is 0 Å². The van der Waals surface area contributed by atoms with E-state index < -0.39 is 10.0 Å². The average molecular weight is 370 g/mol. The zero-order valence-electron chi connectivity index (χ0n) is 13.7. The van der Waals surface area contributed by atoms with Gasteiger partial charge < -0.3 is 4.90 Å². The van der Waals surface area contributed by atoms with Gasteiger partial charge in [0.15, 0.2) is 0 Å². The molecule has 2 aromatic carbocycles. The van der Waals surface area contributed by atoms with Crippen molar-refractivity contribution < 1.29 is 8.42 Å². The van der Waals surface area contributed by atoms with Crippen molar-refractivity contribution in [1.29, 1.82) is 0 Å². The first-order valence-electron chi connectivity index (χ1n) is 8.08. The lowest BCUT2D eigenvalue weighted by Crippen LogP contribution is -2.23. The molecule has 1 atom stereocenters. The normalized spacial score (nSPS) is 16.7. The fraction of sp³-hybridized carbons (Fsp3) is 0.158. The van der Waals surface area contributed by atoms with E-state index in [2.05, 4.69) is 34.7 Å². The van der Waals surface area contributed by atoms with Crippen LogP contribution in [-0.2, 0) is 16.4 Å². The molecule has 1 aliphatic heterocycles. The molecule has 0 fully saturated rings. The second-order valence-corrected chi connectivity index (χ2v) is 8.99. The number of sulfonamides is 1. The first kappa shape index (κ1) is 16.2. The van der Waals surface area contributed by atoms with E-state index in [1.807, 2.05) is 30.3 Å². The molecular formula is C19H18N2O2S2. The molecule has 0 bridgehead atoms. The zero-order valence-corrected chi connectivity index (χ0v) is 15.3. The van der Waals surface area contributed by atoms with Crippen molar-refractivity contribution in [2.24, 2.45) is 0 Å². The second-order valence-electron chi connectivity index (χ2n) is 6.14. The lowest BCUT2D eigenvalue weighted by atomic mass is 10.1. The number of fused-ring (bicyclic) bond motifs is 1. The summed E-state index contributed by atoms with van der Waals surface area (Å²) in [7, 11) is -3.51. The average Bonchev–Trinajstić information content (AvgIpc) is 3.23. The minimum Gasteiger partial charge on any atom is -0.338 e. The van der Waals surface area contributed by atoms with Crippen molar-refractivity contribution in [3.8, 4) is 0 Å². The van der Waals surface area contributed by atoms with Crippen molar-refractivity contribution in [3.05, 3.63) is 71.6 Å². The number of thiophene rings is 1. The van der Waals surface area contributed by atoms with Gasteiger partial charge in [0, 0.05) is 23.1 Å². The maximum atomic E-state index is 12.3. The maximum absolute atomic E-state index is 12.3. The highest BCUT2D eigenvalue weighted by Crippen LogP contribution is 2.38. The van der Waals surface area contributed by atoms with Crippen LogP contribution >= 0.6 is 11.3 Å². The van der Waals surface area contributed by atoms with E-state index in [4.69, 9.17) is 0 Å². The Bertz CT molecular complexity index is 981. The minimum absolute atomic E-state index is 0.318. The number of nitrogens with zero attached hydrogens (tertiary/aromatic N) is 1. The van der Waals surface area contributed by atoms with Crippen LogP contribution in [0.5, 0.6) is 0 Å². The van der Waals surface area contributed by atoms with E-state index in [-0.39, 0.29) is 0 Å². The van der Waals surface area contributed by atoms with Crippen LogP contribution in [0.1, 0.15) is 12.5 Å². The van der Waals surface area contributed by atoms with Gasteiger partial charge in [-0.3, -0.25) is 4.72 Å². The van der Waals surface area contributed by atoms with E-state index in [0.29, 0.717) is 15.9 Å². The van der Waals surface area contributed by atoms with Crippen molar-refractivity contribution in [2.45, 2.75) is 23.6 Å². The summed E-state index contributed by atoms with van der Waals surface area (Å²) in [4.78, 5) is 2.30. The van der Waals surface area contributed by atoms with Gasteiger partial charge in [0.25, 0.3) is 10.0 Å². The molecule has 25 heavy (non-hydrogen) atoms. The van der Waals surface area contributed by atoms with Gasteiger partial charge in [-0.1, -0.05) is 24.3 Å². The molecule has 0 spiro atoms. The van der Waals surface area contributed by atoms with Gasteiger partial charge in [-0.15, -0.1) is 11.3 Å². The lowest BCUT2D eigenvalue weighted by Gasteiger charge is -2.25. The first-order valence-corrected chi connectivity index (χ1v) is 10.4. The summed E-state index contributed by atoms with van der Waals surface area (Å²) in [5, 5.41) is 1.75. The Kier molecular flexibility index (Phi) is 4.01. The van der Waals surface area contributed by atoms with Crippen LogP contribution in [0.3, 0.4) is 0 Å².